The molecule has 1 N–H and O–H groups in total. The maximum Gasteiger partial charge on any atom is 0.256 e. The van der Waals surface area contributed by atoms with Crippen LogP contribution in [-0.4, -0.2) is 19.6 Å². The van der Waals surface area contributed by atoms with Crippen LogP contribution in [0.1, 0.15) is 36.2 Å². The molecule has 0 spiro atoms. The molecule has 1 amide bonds. The molecular weight excluding hydrogens is 357 g/mol. The molecule has 0 bridgehead atoms. The second kappa shape index (κ2) is 9.43. The van der Waals surface area contributed by atoms with Gasteiger partial charge in [0.1, 0.15) is 5.75 Å². The Morgan fingerprint density at radius 3 is 2.65 bits per heavy atom. The second-order valence-corrected chi connectivity index (χ2v) is 6.70. The Morgan fingerprint density at radius 2 is 2.00 bits per heavy atom. The Hall–Kier alpha value is -2.27. The largest absolute Gasteiger partial charge is 0.494 e. The van der Waals surface area contributed by atoms with Crippen LogP contribution < -0.4 is 14.8 Å². The third kappa shape index (κ3) is 5.36. The summed E-state index contributed by atoms with van der Waals surface area (Å²) in [6.45, 7) is 4.87. The molecule has 0 saturated carbocycles. The third-order valence-electron chi connectivity index (χ3n) is 3.82. The Bertz CT molecular complexity index is 765. The van der Waals surface area contributed by atoms with E-state index >= 15 is 0 Å². The molecule has 0 aromatic heterocycles. The zero-order valence-electron chi connectivity index (χ0n) is 15.1. The fourth-order valence-corrected chi connectivity index (χ4v) is 2.59. The zero-order chi connectivity index (χ0) is 19.1. The van der Waals surface area contributed by atoms with Crippen molar-refractivity contribution in [1.82, 2.24) is 5.32 Å². The van der Waals surface area contributed by atoms with Crippen LogP contribution >= 0.6 is 11.6 Å². The Kier molecular flexibility index (Phi) is 7.27. The molecule has 0 heterocycles. The minimum atomic E-state index is -0.477. The smallest absolute Gasteiger partial charge is 0.256 e. The molecule has 0 atom stereocenters. The minimum absolute atomic E-state index is 0.159. The standard InChI is InChI=1S/C20H23ClFNO3/c1-13(2)9-10-26-18-6-4-5-15(21)19(18)20(24)23-12-14-7-8-17(25-3)16(22)11-14/h4-8,11,13H,9-10,12H2,1-3H3,(H,23,24). The van der Waals surface area contributed by atoms with E-state index in [9.17, 15) is 9.18 Å². The lowest BCUT2D eigenvalue weighted by atomic mass is 10.1. The van der Waals surface area contributed by atoms with E-state index in [1.165, 1.54) is 19.2 Å². The van der Waals surface area contributed by atoms with Crippen molar-refractivity contribution in [2.45, 2.75) is 26.8 Å². The summed E-state index contributed by atoms with van der Waals surface area (Å²) in [7, 11) is 1.40. The number of hydrogen-bond acceptors (Lipinski definition) is 3. The predicted molar refractivity (Wildman–Crippen MR) is 101 cm³/mol. The molecular formula is C20H23ClFNO3. The van der Waals surface area contributed by atoms with E-state index in [2.05, 4.69) is 19.2 Å². The molecule has 2 aromatic carbocycles. The molecule has 0 aliphatic rings. The predicted octanol–water partition coefficient (Wildman–Crippen LogP) is 4.84. The highest BCUT2D eigenvalue weighted by molar-refractivity contribution is 6.34. The van der Waals surface area contributed by atoms with Gasteiger partial charge in [-0.3, -0.25) is 4.79 Å². The van der Waals surface area contributed by atoms with Crippen LogP contribution in [-0.2, 0) is 6.54 Å². The van der Waals surface area contributed by atoms with Gasteiger partial charge in [0, 0.05) is 6.54 Å². The van der Waals surface area contributed by atoms with Gasteiger partial charge in [0.25, 0.3) is 5.91 Å². The lowest BCUT2D eigenvalue weighted by molar-refractivity contribution is 0.0946. The first-order valence-corrected chi connectivity index (χ1v) is 8.82. The van der Waals surface area contributed by atoms with Gasteiger partial charge < -0.3 is 14.8 Å². The van der Waals surface area contributed by atoms with Gasteiger partial charge >= 0.3 is 0 Å². The number of amides is 1. The Morgan fingerprint density at radius 1 is 1.23 bits per heavy atom. The van der Waals surface area contributed by atoms with Crippen molar-refractivity contribution in [2.24, 2.45) is 5.92 Å². The van der Waals surface area contributed by atoms with Crippen molar-refractivity contribution < 1.29 is 18.7 Å². The van der Waals surface area contributed by atoms with E-state index in [1.807, 2.05) is 0 Å². The third-order valence-corrected chi connectivity index (χ3v) is 4.14. The Labute approximate surface area is 158 Å². The molecule has 0 saturated heterocycles. The van der Waals surface area contributed by atoms with Gasteiger partial charge in [0.05, 0.1) is 24.3 Å². The normalized spacial score (nSPS) is 10.7. The van der Waals surface area contributed by atoms with E-state index in [4.69, 9.17) is 21.1 Å². The first-order valence-electron chi connectivity index (χ1n) is 8.44. The first-order chi connectivity index (χ1) is 12.4. The van der Waals surface area contributed by atoms with E-state index in [-0.39, 0.29) is 23.8 Å². The summed E-state index contributed by atoms with van der Waals surface area (Å²) in [5.41, 5.74) is 0.901. The SMILES string of the molecule is COc1ccc(CNC(=O)c2c(Cl)cccc2OCCC(C)C)cc1F. The number of rotatable bonds is 8. The molecule has 0 fully saturated rings. The summed E-state index contributed by atoms with van der Waals surface area (Å²) in [6, 6.07) is 9.63. The zero-order valence-corrected chi connectivity index (χ0v) is 15.9. The van der Waals surface area contributed by atoms with Crippen molar-refractivity contribution in [2.75, 3.05) is 13.7 Å². The molecule has 26 heavy (non-hydrogen) atoms. The molecule has 2 rings (SSSR count). The maximum atomic E-state index is 13.8. The number of halogens is 2. The number of carbonyl (C=O) groups excluding carboxylic acids is 1. The maximum absolute atomic E-state index is 13.8. The number of hydrogen-bond donors (Lipinski definition) is 1. The van der Waals surface area contributed by atoms with Gasteiger partial charge in [-0.05, 0) is 42.2 Å². The number of methoxy groups -OCH3 is 1. The van der Waals surface area contributed by atoms with Crippen molar-refractivity contribution in [3.05, 3.63) is 58.4 Å². The van der Waals surface area contributed by atoms with Gasteiger partial charge in [-0.15, -0.1) is 0 Å². The average molecular weight is 380 g/mol. The summed E-state index contributed by atoms with van der Waals surface area (Å²) >= 11 is 6.19. The van der Waals surface area contributed by atoms with E-state index in [1.54, 1.807) is 24.3 Å². The van der Waals surface area contributed by atoms with Crippen molar-refractivity contribution in [1.29, 1.82) is 0 Å². The number of benzene rings is 2. The highest BCUT2D eigenvalue weighted by atomic mass is 35.5. The summed E-state index contributed by atoms with van der Waals surface area (Å²) in [5.74, 6) is 0.251. The highest BCUT2D eigenvalue weighted by Gasteiger charge is 2.17. The van der Waals surface area contributed by atoms with Crippen molar-refractivity contribution in [3.8, 4) is 11.5 Å². The first kappa shape index (κ1) is 20.0. The van der Waals surface area contributed by atoms with E-state index < -0.39 is 5.82 Å². The van der Waals surface area contributed by atoms with Gasteiger partial charge in [0.15, 0.2) is 11.6 Å². The number of ether oxygens (including phenoxy) is 2. The molecule has 0 aliphatic heterocycles. The van der Waals surface area contributed by atoms with Gasteiger partial charge in [-0.25, -0.2) is 4.39 Å². The molecule has 0 radical (unpaired) electrons. The molecule has 4 nitrogen and oxygen atoms in total. The van der Waals surface area contributed by atoms with Crippen LogP contribution in [0.15, 0.2) is 36.4 Å². The molecule has 2 aromatic rings. The van der Waals surface area contributed by atoms with Crippen LogP contribution in [0.4, 0.5) is 4.39 Å². The van der Waals surface area contributed by atoms with Gasteiger partial charge in [-0.1, -0.05) is 37.6 Å². The van der Waals surface area contributed by atoms with Crippen molar-refractivity contribution >= 4 is 17.5 Å². The van der Waals surface area contributed by atoms with Crippen LogP contribution in [0.25, 0.3) is 0 Å². The summed E-state index contributed by atoms with van der Waals surface area (Å²) in [4.78, 5) is 12.6. The quantitative estimate of drug-likeness (QED) is 0.713. The number of nitrogens with one attached hydrogen (secondary N) is 1. The molecule has 0 unspecified atom stereocenters. The number of carbonyl (C=O) groups is 1. The highest BCUT2D eigenvalue weighted by Crippen LogP contribution is 2.27. The fraction of sp³-hybridized carbons (Fsp3) is 0.350. The minimum Gasteiger partial charge on any atom is -0.494 e. The van der Waals surface area contributed by atoms with Crippen LogP contribution in [0.5, 0.6) is 11.5 Å². The van der Waals surface area contributed by atoms with E-state index in [0.29, 0.717) is 28.9 Å². The lowest BCUT2D eigenvalue weighted by Crippen LogP contribution is -2.24. The average Bonchev–Trinajstić information content (AvgIpc) is 2.59. The van der Waals surface area contributed by atoms with E-state index in [0.717, 1.165) is 6.42 Å². The fourth-order valence-electron chi connectivity index (χ4n) is 2.34. The van der Waals surface area contributed by atoms with Gasteiger partial charge in [-0.2, -0.15) is 0 Å². The monoisotopic (exact) mass is 379 g/mol. The Balaban J connectivity index is 2.07. The topological polar surface area (TPSA) is 47.6 Å². The molecule has 140 valence electrons. The molecule has 0 aliphatic carbocycles. The second-order valence-electron chi connectivity index (χ2n) is 6.30. The summed E-state index contributed by atoms with van der Waals surface area (Å²) in [6.07, 6.45) is 0.874. The lowest BCUT2D eigenvalue weighted by Gasteiger charge is -2.14. The van der Waals surface area contributed by atoms with Crippen LogP contribution in [0, 0.1) is 11.7 Å². The van der Waals surface area contributed by atoms with Crippen LogP contribution in [0.3, 0.4) is 0 Å². The summed E-state index contributed by atoms with van der Waals surface area (Å²) < 4.78 is 24.4. The molecule has 6 heteroatoms. The van der Waals surface area contributed by atoms with Gasteiger partial charge in [0.2, 0.25) is 0 Å². The van der Waals surface area contributed by atoms with Crippen molar-refractivity contribution in [3.63, 3.8) is 0 Å². The summed E-state index contributed by atoms with van der Waals surface area (Å²) in [5, 5.41) is 3.06. The van der Waals surface area contributed by atoms with Crippen LogP contribution in [0.2, 0.25) is 5.02 Å².